The van der Waals surface area contributed by atoms with E-state index < -0.39 is 157 Å². The van der Waals surface area contributed by atoms with Crippen LogP contribution in [0, 0.1) is 13.8 Å². The van der Waals surface area contributed by atoms with Crippen LogP contribution < -0.4 is 18.9 Å². The van der Waals surface area contributed by atoms with Crippen LogP contribution in [0.15, 0.2) is 48.5 Å². The molecule has 0 unspecified atom stereocenters. The summed E-state index contributed by atoms with van der Waals surface area (Å²) in [6.07, 6.45) is -16.0. The van der Waals surface area contributed by atoms with Crippen molar-refractivity contribution in [3.05, 3.63) is 82.2 Å². The first-order valence-electron chi connectivity index (χ1n) is 33.7. The molecule has 0 bridgehead atoms. The number of aromatic nitrogens is 4. The predicted octanol–water partition coefficient (Wildman–Crippen LogP) is 8.67. The molecular weight excluding hydrogens is 1660 g/mol. The first-order chi connectivity index (χ1) is 50.9. The summed E-state index contributed by atoms with van der Waals surface area (Å²) in [5.41, 5.74) is -13.4. The Balaban J connectivity index is 0. The van der Waals surface area contributed by atoms with Gasteiger partial charge in [0.1, 0.15) is 83.7 Å². The maximum atomic E-state index is 12.0. The molecule has 0 aliphatic carbocycles. The number of ether oxygens (including phenoxy) is 11. The van der Waals surface area contributed by atoms with E-state index in [1.54, 1.807) is 69.2 Å². The van der Waals surface area contributed by atoms with Gasteiger partial charge < -0.3 is 93.0 Å². The molecular formula is C66H103F9N4O31S3Sc. The molecule has 114 heavy (non-hydrogen) atoms. The number of hydrogen-bond donors (Lipinski definition) is 11. The predicted molar refractivity (Wildman–Crippen MR) is 378 cm³/mol. The molecule has 2 aliphatic heterocycles. The van der Waals surface area contributed by atoms with Gasteiger partial charge in [0.15, 0.2) is 0 Å². The summed E-state index contributed by atoms with van der Waals surface area (Å²) in [7, 11) is -17.5. The molecule has 2 aromatic carbocycles. The molecule has 11 N–H and O–H groups in total. The molecule has 2 aromatic heterocycles. The molecule has 2 fully saturated rings. The molecule has 0 amide bonds. The van der Waals surface area contributed by atoms with E-state index in [-0.39, 0.29) is 68.5 Å². The fourth-order valence-corrected chi connectivity index (χ4v) is 8.55. The van der Waals surface area contributed by atoms with Crippen LogP contribution >= 0.6 is 0 Å². The zero-order chi connectivity index (χ0) is 88.6. The maximum Gasteiger partial charge on any atom is 0.522 e. The maximum absolute atomic E-state index is 12.0. The first kappa shape index (κ1) is 110. The number of rotatable bonds is 17. The van der Waals surface area contributed by atoms with Gasteiger partial charge in [-0.05, 0) is 174 Å². The molecule has 4 heterocycles. The van der Waals surface area contributed by atoms with Gasteiger partial charge in [0.25, 0.3) is 0 Å². The van der Waals surface area contributed by atoms with Gasteiger partial charge in [0.05, 0.1) is 18.8 Å². The second kappa shape index (κ2) is 46.1. The van der Waals surface area contributed by atoms with Crippen LogP contribution in [-0.2, 0) is 102 Å². The molecule has 6 rings (SSSR count). The van der Waals surface area contributed by atoms with E-state index in [1.807, 2.05) is 127 Å². The van der Waals surface area contributed by atoms with Gasteiger partial charge in [0, 0.05) is 79.9 Å². The topological polar surface area (TPSA) is 513 Å². The fourth-order valence-electron chi connectivity index (χ4n) is 8.55. The minimum atomic E-state index is -5.84. The monoisotopic (exact) mass is 1760 g/mol. The summed E-state index contributed by atoms with van der Waals surface area (Å²) >= 11 is 0. The van der Waals surface area contributed by atoms with Gasteiger partial charge in [-0.15, -0.1) is 10.2 Å². The van der Waals surface area contributed by atoms with Gasteiger partial charge in [-0.2, -0.15) is 64.8 Å². The zero-order valence-electron chi connectivity index (χ0n) is 65.8. The van der Waals surface area contributed by atoms with E-state index in [9.17, 15) is 89.6 Å². The van der Waals surface area contributed by atoms with Crippen molar-refractivity contribution in [3.63, 3.8) is 0 Å². The number of nitrogens with zero attached hydrogens (tertiary/aromatic N) is 4. The smallest absolute Gasteiger partial charge is 0.491 e. The Morgan fingerprint density at radius 2 is 0.737 bits per heavy atom. The number of alkyl halides is 9. The van der Waals surface area contributed by atoms with Crippen molar-refractivity contribution in [1.82, 2.24) is 19.6 Å². The second-order valence-corrected chi connectivity index (χ2v) is 32.4. The van der Waals surface area contributed by atoms with E-state index in [4.69, 9.17) is 91.4 Å². The Bertz CT molecular complexity index is 3800. The SMILES string of the molecule is CC(C)(C)OC(=O)OC(=O)OC(C)(C)C.CCO.Cc1c(Cc2ccc(OC(C)C)cc2)c(O[C@@H]2O[C@H](CO)[C@@H](O)[C@H](O)[C@H]2O)nn1C(C)C.Cc1c(Cc2ccc(OC(C)C)cc2)c(O[C@@H]2O[C@H](COC(=O)OC(C)(C)C)[C@@H](O)[C@H](O)[C@H]2O)nn1C(C)C.O=S(=O)(O)C(F)(F)F.O=S(=O)(O)C(F)(F)F.O=S(=O)(O)C(F)(F)F.[Sc]. The van der Waals surface area contributed by atoms with Gasteiger partial charge in [-0.1, -0.05) is 24.3 Å². The molecule has 657 valence electrons. The molecule has 0 saturated carbocycles. The third-order valence-electron chi connectivity index (χ3n) is 13.4. The molecule has 1 radical (unpaired) electrons. The van der Waals surface area contributed by atoms with Crippen molar-refractivity contribution in [2.24, 2.45) is 0 Å². The quantitative estimate of drug-likeness (QED) is 0.0117. The molecule has 48 heteroatoms. The van der Waals surface area contributed by atoms with Gasteiger partial charge >= 0.3 is 65.3 Å². The summed E-state index contributed by atoms with van der Waals surface area (Å²) in [5.74, 6) is 2.05. The Labute approximate surface area is 672 Å². The van der Waals surface area contributed by atoms with Crippen LogP contribution in [-0.4, -0.2) is 245 Å². The van der Waals surface area contributed by atoms with Crippen LogP contribution in [0.2, 0.25) is 0 Å². The third kappa shape index (κ3) is 39.7. The molecule has 10 atom stereocenters. The summed E-state index contributed by atoms with van der Waals surface area (Å²) in [4.78, 5) is 34.0. The van der Waals surface area contributed by atoms with E-state index in [0.717, 1.165) is 45.1 Å². The molecule has 35 nitrogen and oxygen atoms in total. The molecule has 2 saturated heterocycles. The second-order valence-electron chi connectivity index (χ2n) is 28.1. The standard InChI is InChI=1S/C28H42N2O9.C23H34N2O7.C10H18O5.C2H6O.3CHF3O3S.Sc/c1-15(2)30-17(5)20(13-18-9-11-19(12-10-18)36-16(3)4)25(29-30)38-26-24(33)23(32)22(31)21(37-26)14-35-27(34)39-28(6,7)8;1-12(2)25-14(5)17(10-15-6-8-16(9-7-15)30-13(3)4)22(24-25)32-23-21(29)20(28)19(27)18(11-26)31-23;1-9(2,3)14-7(11)13-8(12)15-10(4,5)6;1-2-3;3*2-1(3,4)8(5,6)7;/h9-12,15-16,21-24,26,31-33H,13-14H2,1-8H3;6-9,12-13,18-21,23,26-29H,10-11H2,1-5H3;1-6H3;3H,2H2,1H3;3*(H,5,6,7);/t21-,22-,23+,24-,26+;18-,19-,20+,21-,23+;;;;;;/m11....../s1. The Morgan fingerprint density at radius 1 is 0.474 bits per heavy atom. The van der Waals surface area contributed by atoms with Crippen molar-refractivity contribution in [2.75, 3.05) is 19.8 Å². The van der Waals surface area contributed by atoms with Crippen molar-refractivity contribution in [3.8, 4) is 23.3 Å². The van der Waals surface area contributed by atoms with Crippen molar-refractivity contribution < 1.29 is 212 Å². The Morgan fingerprint density at radius 3 is 0.982 bits per heavy atom. The number of aliphatic hydroxyl groups is 8. The third-order valence-corrected chi connectivity index (χ3v) is 15.1. The summed E-state index contributed by atoms with van der Waals surface area (Å²) in [5, 5.41) is 88.2. The summed E-state index contributed by atoms with van der Waals surface area (Å²) in [6, 6.07) is 15.6. The number of halogens is 9. The normalized spacial score (nSPS) is 20.1. The van der Waals surface area contributed by atoms with Crippen LogP contribution in [0.5, 0.6) is 23.3 Å². The van der Waals surface area contributed by atoms with Crippen molar-refractivity contribution in [1.29, 1.82) is 0 Å². The van der Waals surface area contributed by atoms with Gasteiger partial charge in [-0.3, -0.25) is 23.0 Å². The molecule has 4 aromatic rings. The minimum Gasteiger partial charge on any atom is -0.491 e. The van der Waals surface area contributed by atoms with E-state index in [1.165, 1.54) is 0 Å². The average molecular weight is 1760 g/mol. The van der Waals surface area contributed by atoms with Crippen molar-refractivity contribution >= 4 is 48.8 Å². The van der Waals surface area contributed by atoms with Crippen molar-refractivity contribution in [2.45, 2.75) is 270 Å². The van der Waals surface area contributed by atoms with Crippen LogP contribution in [0.25, 0.3) is 0 Å². The Kier molecular flexibility index (Phi) is 44.4. The average Bonchev–Trinajstić information content (AvgIpc) is 1.64. The summed E-state index contributed by atoms with van der Waals surface area (Å²) in [6.45, 7) is 35.8. The molecule has 2 aliphatic rings. The van der Waals surface area contributed by atoms with E-state index in [2.05, 4.69) is 14.9 Å². The van der Waals surface area contributed by atoms with E-state index in [0.29, 0.717) is 12.8 Å². The number of hydrogen-bond acceptors (Lipinski definition) is 30. The first-order valence-corrected chi connectivity index (χ1v) is 38.0. The van der Waals surface area contributed by atoms with Gasteiger partial charge in [-0.25, -0.2) is 14.4 Å². The number of aliphatic hydroxyl groups excluding tert-OH is 8. The fraction of sp³-hybridized carbons (Fsp3) is 0.682. The van der Waals surface area contributed by atoms with Gasteiger partial charge in [0.2, 0.25) is 24.3 Å². The van der Waals surface area contributed by atoms with Crippen LogP contribution in [0.4, 0.5) is 53.9 Å². The van der Waals surface area contributed by atoms with E-state index >= 15 is 0 Å². The minimum absolute atomic E-state index is 0. The largest absolute Gasteiger partial charge is 0.522 e. The Hall–Kier alpha value is -6.36. The number of benzene rings is 2. The summed E-state index contributed by atoms with van der Waals surface area (Å²) < 4.78 is 235. The number of carbonyl (C=O) groups excluding carboxylic acids is 3. The number of carbonyl (C=O) groups is 3. The molecule has 0 spiro atoms. The zero-order valence-corrected chi connectivity index (χ0v) is 70.1. The van der Waals surface area contributed by atoms with Crippen LogP contribution in [0.3, 0.4) is 0 Å². The van der Waals surface area contributed by atoms with Crippen LogP contribution in [0.1, 0.15) is 170 Å².